The van der Waals surface area contributed by atoms with Gasteiger partial charge in [-0.2, -0.15) is 0 Å². The molecule has 1 aromatic rings. The highest BCUT2D eigenvalue weighted by molar-refractivity contribution is 7.91. The van der Waals surface area contributed by atoms with E-state index in [2.05, 4.69) is 9.88 Å². The average Bonchev–Trinajstić information content (AvgIpc) is 2.66. The Kier molecular flexibility index (Phi) is 4.71. The Hall–Kier alpha value is -0.500. The number of nitrogens with zero attached hydrogens (tertiary/aromatic N) is 2. The molecule has 0 radical (unpaired) electrons. The first-order valence-electron chi connectivity index (χ1n) is 6.15. The Morgan fingerprint density at radius 1 is 1.39 bits per heavy atom. The van der Waals surface area contributed by atoms with Gasteiger partial charge in [0.05, 0.1) is 22.2 Å². The first-order valence-corrected chi connectivity index (χ1v) is 8.85. The second-order valence-electron chi connectivity index (χ2n) is 4.55. The zero-order chi connectivity index (χ0) is 13.0. The van der Waals surface area contributed by atoms with Crippen LogP contribution in [0.3, 0.4) is 0 Å². The van der Waals surface area contributed by atoms with Crippen molar-refractivity contribution in [2.24, 2.45) is 5.73 Å². The fourth-order valence-electron chi connectivity index (χ4n) is 2.04. The van der Waals surface area contributed by atoms with E-state index in [9.17, 15) is 8.42 Å². The van der Waals surface area contributed by atoms with E-state index in [1.807, 2.05) is 5.38 Å². The van der Waals surface area contributed by atoms with Crippen molar-refractivity contribution in [2.45, 2.75) is 19.4 Å². The Morgan fingerprint density at radius 2 is 2.22 bits per heavy atom. The van der Waals surface area contributed by atoms with E-state index in [0.717, 1.165) is 36.6 Å². The van der Waals surface area contributed by atoms with Gasteiger partial charge in [0, 0.05) is 24.9 Å². The topological polar surface area (TPSA) is 76.3 Å². The normalized spacial score (nSPS) is 20.7. The molecule has 2 heterocycles. The Bertz CT molecular complexity index is 484. The number of thiazole rings is 1. The number of rotatable bonds is 4. The zero-order valence-electron chi connectivity index (χ0n) is 10.3. The van der Waals surface area contributed by atoms with Crippen LogP contribution in [0.4, 0.5) is 0 Å². The highest BCUT2D eigenvalue weighted by atomic mass is 32.2. The summed E-state index contributed by atoms with van der Waals surface area (Å²) in [7, 11) is -2.82. The minimum absolute atomic E-state index is 0.271. The summed E-state index contributed by atoms with van der Waals surface area (Å²) in [6.45, 7) is 2.82. The standard InChI is InChI=1S/C11H19N3O2S2/c12-3-2-11-13-10(9-17-11)8-14-4-1-6-18(15,16)7-5-14/h9H,1-8,12H2. The van der Waals surface area contributed by atoms with Gasteiger partial charge in [-0.05, 0) is 19.5 Å². The molecular weight excluding hydrogens is 270 g/mol. The molecule has 2 N–H and O–H groups in total. The van der Waals surface area contributed by atoms with E-state index < -0.39 is 9.84 Å². The smallest absolute Gasteiger partial charge is 0.151 e. The highest BCUT2D eigenvalue weighted by Gasteiger charge is 2.19. The molecule has 1 saturated heterocycles. The van der Waals surface area contributed by atoms with Crippen LogP contribution in [-0.2, 0) is 22.8 Å². The third kappa shape index (κ3) is 4.01. The van der Waals surface area contributed by atoms with Crippen LogP contribution < -0.4 is 5.73 Å². The summed E-state index contributed by atoms with van der Waals surface area (Å²) in [6, 6.07) is 0. The summed E-state index contributed by atoms with van der Waals surface area (Å²) < 4.78 is 23.0. The van der Waals surface area contributed by atoms with Crippen molar-refractivity contribution in [2.75, 3.05) is 31.1 Å². The number of hydrogen-bond acceptors (Lipinski definition) is 6. The van der Waals surface area contributed by atoms with Crippen molar-refractivity contribution in [3.8, 4) is 0 Å². The SMILES string of the molecule is NCCc1nc(CN2CCCS(=O)(=O)CC2)cs1. The Labute approximate surface area is 112 Å². The molecular formula is C11H19N3O2S2. The lowest BCUT2D eigenvalue weighted by Crippen LogP contribution is -2.26. The number of aromatic nitrogens is 1. The predicted molar refractivity (Wildman–Crippen MR) is 73.4 cm³/mol. The Morgan fingerprint density at radius 3 is 3.00 bits per heavy atom. The van der Waals surface area contributed by atoms with Crippen molar-refractivity contribution in [3.63, 3.8) is 0 Å². The van der Waals surface area contributed by atoms with Crippen molar-refractivity contribution in [3.05, 3.63) is 16.1 Å². The Balaban J connectivity index is 1.92. The molecule has 0 spiro atoms. The van der Waals surface area contributed by atoms with Gasteiger partial charge in [-0.15, -0.1) is 11.3 Å². The molecule has 2 rings (SSSR count). The van der Waals surface area contributed by atoms with E-state index in [-0.39, 0.29) is 5.75 Å². The maximum atomic E-state index is 11.5. The molecule has 0 aromatic carbocycles. The second kappa shape index (κ2) is 6.10. The minimum Gasteiger partial charge on any atom is -0.330 e. The molecule has 102 valence electrons. The highest BCUT2D eigenvalue weighted by Crippen LogP contribution is 2.14. The van der Waals surface area contributed by atoms with Gasteiger partial charge < -0.3 is 5.73 Å². The van der Waals surface area contributed by atoms with E-state index in [0.29, 0.717) is 18.8 Å². The summed E-state index contributed by atoms with van der Waals surface area (Å²) in [5.41, 5.74) is 6.52. The van der Waals surface area contributed by atoms with E-state index in [1.54, 1.807) is 11.3 Å². The minimum atomic E-state index is -2.82. The number of nitrogens with two attached hydrogens (primary N) is 1. The molecule has 1 aliphatic heterocycles. The van der Waals surface area contributed by atoms with Gasteiger partial charge in [-0.25, -0.2) is 13.4 Å². The average molecular weight is 289 g/mol. The summed E-state index contributed by atoms with van der Waals surface area (Å²) in [5, 5.41) is 3.11. The summed E-state index contributed by atoms with van der Waals surface area (Å²) in [4.78, 5) is 6.68. The fraction of sp³-hybridized carbons (Fsp3) is 0.727. The van der Waals surface area contributed by atoms with Gasteiger partial charge in [0.1, 0.15) is 0 Å². The zero-order valence-corrected chi connectivity index (χ0v) is 12.0. The van der Waals surface area contributed by atoms with Crippen LogP contribution in [0.25, 0.3) is 0 Å². The summed E-state index contributed by atoms with van der Waals surface area (Å²) in [5.74, 6) is 0.589. The largest absolute Gasteiger partial charge is 0.330 e. The first kappa shape index (κ1) is 13.9. The lowest BCUT2D eigenvalue weighted by molar-refractivity contribution is 0.284. The second-order valence-corrected chi connectivity index (χ2v) is 7.80. The molecule has 0 unspecified atom stereocenters. The first-order chi connectivity index (χ1) is 8.59. The summed E-state index contributed by atoms with van der Waals surface area (Å²) in [6.07, 6.45) is 1.54. The van der Waals surface area contributed by atoms with Crippen molar-refractivity contribution < 1.29 is 8.42 Å². The van der Waals surface area contributed by atoms with E-state index in [1.165, 1.54) is 0 Å². The van der Waals surface area contributed by atoms with Crippen molar-refractivity contribution >= 4 is 21.2 Å². The van der Waals surface area contributed by atoms with E-state index >= 15 is 0 Å². The molecule has 18 heavy (non-hydrogen) atoms. The van der Waals surface area contributed by atoms with Crippen LogP contribution in [0, 0.1) is 0 Å². The fourth-order valence-corrected chi connectivity index (χ4v) is 4.15. The van der Waals surface area contributed by atoms with E-state index in [4.69, 9.17) is 5.73 Å². The molecule has 0 atom stereocenters. The molecule has 5 nitrogen and oxygen atoms in total. The predicted octanol–water partition coefficient (Wildman–Crippen LogP) is 0.265. The van der Waals surface area contributed by atoms with Gasteiger partial charge in [0.2, 0.25) is 0 Å². The third-order valence-corrected chi connectivity index (χ3v) is 5.66. The van der Waals surface area contributed by atoms with Crippen LogP contribution in [-0.4, -0.2) is 49.4 Å². The maximum absolute atomic E-state index is 11.5. The molecule has 0 bridgehead atoms. The molecule has 0 aliphatic carbocycles. The van der Waals surface area contributed by atoms with Crippen molar-refractivity contribution in [1.82, 2.24) is 9.88 Å². The third-order valence-electron chi connectivity index (χ3n) is 2.99. The van der Waals surface area contributed by atoms with Gasteiger partial charge in [0.25, 0.3) is 0 Å². The number of hydrogen-bond donors (Lipinski definition) is 1. The van der Waals surface area contributed by atoms with Crippen LogP contribution in [0.2, 0.25) is 0 Å². The van der Waals surface area contributed by atoms with Gasteiger partial charge >= 0.3 is 0 Å². The van der Waals surface area contributed by atoms with Crippen LogP contribution in [0.15, 0.2) is 5.38 Å². The van der Waals surface area contributed by atoms with Crippen molar-refractivity contribution in [1.29, 1.82) is 0 Å². The lowest BCUT2D eigenvalue weighted by Gasteiger charge is -2.17. The van der Waals surface area contributed by atoms with Crippen LogP contribution >= 0.6 is 11.3 Å². The van der Waals surface area contributed by atoms with Gasteiger partial charge in [-0.3, -0.25) is 4.90 Å². The molecule has 0 amide bonds. The van der Waals surface area contributed by atoms with Gasteiger partial charge in [-0.1, -0.05) is 0 Å². The van der Waals surface area contributed by atoms with Crippen LogP contribution in [0.5, 0.6) is 0 Å². The molecule has 1 fully saturated rings. The monoisotopic (exact) mass is 289 g/mol. The number of sulfone groups is 1. The molecule has 1 aromatic heterocycles. The summed E-state index contributed by atoms with van der Waals surface area (Å²) >= 11 is 1.63. The molecule has 0 saturated carbocycles. The maximum Gasteiger partial charge on any atom is 0.151 e. The van der Waals surface area contributed by atoms with Crippen LogP contribution in [0.1, 0.15) is 17.1 Å². The molecule has 1 aliphatic rings. The van der Waals surface area contributed by atoms with Gasteiger partial charge in [0.15, 0.2) is 9.84 Å². The lowest BCUT2D eigenvalue weighted by atomic mass is 10.3. The molecule has 7 heteroatoms. The quantitative estimate of drug-likeness (QED) is 0.861.